The number of pyridine rings is 2. The van der Waals surface area contributed by atoms with Crippen molar-refractivity contribution >= 4 is 16.9 Å². The lowest BCUT2D eigenvalue weighted by atomic mass is 10.1. The summed E-state index contributed by atoms with van der Waals surface area (Å²) in [6.07, 6.45) is 1.55. The fourth-order valence-corrected chi connectivity index (χ4v) is 2.67. The summed E-state index contributed by atoms with van der Waals surface area (Å²) in [6, 6.07) is 11.2. The van der Waals surface area contributed by atoms with Crippen LogP contribution in [0, 0.1) is 5.82 Å². The number of carbonyl (C=O) groups excluding carboxylic acids is 1. The van der Waals surface area contributed by atoms with Gasteiger partial charge in [-0.05, 0) is 24.3 Å². The van der Waals surface area contributed by atoms with Crippen LogP contribution in [0.25, 0.3) is 11.0 Å². The molecule has 0 atom stereocenters. The van der Waals surface area contributed by atoms with Gasteiger partial charge in [0.05, 0.1) is 13.2 Å². The van der Waals surface area contributed by atoms with Gasteiger partial charge in [-0.1, -0.05) is 18.2 Å². The predicted octanol–water partition coefficient (Wildman–Crippen LogP) is 1.96. The molecule has 0 saturated carbocycles. The maximum absolute atomic E-state index is 14.0. The van der Waals surface area contributed by atoms with E-state index in [1.165, 1.54) is 23.8 Å². The van der Waals surface area contributed by atoms with E-state index in [2.05, 4.69) is 10.3 Å². The van der Waals surface area contributed by atoms with Crippen molar-refractivity contribution in [3.63, 3.8) is 0 Å². The molecule has 7 heteroatoms. The zero-order valence-electron chi connectivity index (χ0n) is 14.2. The van der Waals surface area contributed by atoms with Crippen LogP contribution in [0.1, 0.15) is 15.9 Å². The van der Waals surface area contributed by atoms with Gasteiger partial charge in [0.25, 0.3) is 11.5 Å². The molecule has 3 aromatic rings. The van der Waals surface area contributed by atoms with Crippen molar-refractivity contribution in [3.05, 3.63) is 76.0 Å². The molecule has 2 aromatic heterocycles. The maximum Gasteiger partial charge on any atom is 0.265 e. The molecule has 0 aliphatic carbocycles. The lowest BCUT2D eigenvalue weighted by molar-refractivity contribution is 0.0935. The summed E-state index contributed by atoms with van der Waals surface area (Å²) in [7, 11) is 1.52. The number of carbonyl (C=O) groups is 1. The molecule has 0 spiro atoms. The zero-order valence-corrected chi connectivity index (χ0v) is 14.2. The van der Waals surface area contributed by atoms with Gasteiger partial charge in [0.1, 0.15) is 17.0 Å². The summed E-state index contributed by atoms with van der Waals surface area (Å²) in [6.45, 7) is 0.607. The number of methoxy groups -OCH3 is 1. The Hall–Kier alpha value is -3.06. The van der Waals surface area contributed by atoms with Crippen LogP contribution in [0.15, 0.2) is 53.5 Å². The molecule has 1 N–H and O–H groups in total. The number of hydrogen-bond acceptors (Lipinski definition) is 4. The number of hydrogen-bond donors (Lipinski definition) is 1. The first-order chi connectivity index (χ1) is 12.6. The Labute approximate surface area is 149 Å². The van der Waals surface area contributed by atoms with Gasteiger partial charge in [-0.2, -0.15) is 0 Å². The quantitative estimate of drug-likeness (QED) is 0.686. The number of fused-ring (bicyclic) bond motifs is 1. The predicted molar refractivity (Wildman–Crippen MR) is 95.7 cm³/mol. The molecule has 0 saturated heterocycles. The highest BCUT2D eigenvalue weighted by molar-refractivity contribution is 5.96. The minimum absolute atomic E-state index is 0.0157. The molecule has 0 aliphatic rings. The highest BCUT2D eigenvalue weighted by atomic mass is 19.1. The van der Waals surface area contributed by atoms with Crippen LogP contribution < -0.4 is 10.9 Å². The molecule has 2 heterocycles. The van der Waals surface area contributed by atoms with Crippen LogP contribution in [0.3, 0.4) is 0 Å². The highest BCUT2D eigenvalue weighted by Crippen LogP contribution is 2.14. The summed E-state index contributed by atoms with van der Waals surface area (Å²) < 4.78 is 20.3. The van der Waals surface area contributed by atoms with E-state index >= 15 is 0 Å². The van der Waals surface area contributed by atoms with Gasteiger partial charge in [-0.3, -0.25) is 14.2 Å². The number of benzene rings is 1. The average Bonchev–Trinajstić information content (AvgIpc) is 2.65. The van der Waals surface area contributed by atoms with Crippen molar-refractivity contribution in [3.8, 4) is 0 Å². The number of ether oxygens (including phenoxy) is 1. The van der Waals surface area contributed by atoms with Crippen LogP contribution >= 0.6 is 0 Å². The molecule has 0 bridgehead atoms. The molecule has 6 nitrogen and oxygen atoms in total. The monoisotopic (exact) mass is 355 g/mol. The molecule has 134 valence electrons. The fourth-order valence-electron chi connectivity index (χ4n) is 2.67. The third-order valence-corrected chi connectivity index (χ3v) is 3.97. The molecule has 1 amide bonds. The minimum Gasteiger partial charge on any atom is -0.383 e. The van der Waals surface area contributed by atoms with Crippen LogP contribution in [-0.2, 0) is 11.3 Å². The molecule has 0 unspecified atom stereocenters. The Bertz CT molecular complexity index is 1000. The second-order valence-electron chi connectivity index (χ2n) is 5.71. The highest BCUT2D eigenvalue weighted by Gasteiger charge is 2.17. The third-order valence-electron chi connectivity index (χ3n) is 3.97. The van der Waals surface area contributed by atoms with Crippen molar-refractivity contribution in [1.29, 1.82) is 0 Å². The zero-order chi connectivity index (χ0) is 18.5. The summed E-state index contributed by atoms with van der Waals surface area (Å²) >= 11 is 0. The Morgan fingerprint density at radius 1 is 1.27 bits per heavy atom. The van der Waals surface area contributed by atoms with Crippen molar-refractivity contribution in [2.75, 3.05) is 20.3 Å². The average molecular weight is 355 g/mol. The van der Waals surface area contributed by atoms with Crippen LogP contribution in [0.2, 0.25) is 0 Å². The van der Waals surface area contributed by atoms with Gasteiger partial charge in [0.2, 0.25) is 0 Å². The van der Waals surface area contributed by atoms with Crippen LogP contribution in [-0.4, -0.2) is 35.7 Å². The molecule has 26 heavy (non-hydrogen) atoms. The first kappa shape index (κ1) is 17.8. The molecule has 3 rings (SSSR count). The van der Waals surface area contributed by atoms with E-state index < -0.39 is 17.3 Å². The third kappa shape index (κ3) is 3.62. The Balaban J connectivity index is 2.08. The molecule has 0 radical (unpaired) electrons. The number of halogens is 1. The smallest absolute Gasteiger partial charge is 0.265 e. The number of aromatic nitrogens is 2. The maximum atomic E-state index is 14.0. The lowest BCUT2D eigenvalue weighted by Gasteiger charge is -2.13. The van der Waals surface area contributed by atoms with E-state index in [0.29, 0.717) is 23.2 Å². The lowest BCUT2D eigenvalue weighted by Crippen LogP contribution is -2.35. The molecule has 0 fully saturated rings. The number of amides is 1. The minimum atomic E-state index is -0.519. The van der Waals surface area contributed by atoms with Crippen LogP contribution in [0.4, 0.5) is 4.39 Å². The standard InChI is InChI=1S/C19H18FN3O3/c1-26-10-9-22-18(24)15-11-13-6-4-8-21-17(13)23(19(15)25)12-14-5-2-3-7-16(14)20/h2-8,11H,9-10,12H2,1H3,(H,22,24). The van der Waals surface area contributed by atoms with Gasteiger partial charge >= 0.3 is 0 Å². The number of rotatable bonds is 6. The SMILES string of the molecule is COCCNC(=O)c1cc2cccnc2n(Cc2ccccc2F)c1=O. The normalized spacial score (nSPS) is 10.8. The van der Waals surface area contributed by atoms with Gasteiger partial charge in [0.15, 0.2) is 0 Å². The van der Waals surface area contributed by atoms with Gasteiger partial charge in [-0.25, -0.2) is 9.37 Å². The Morgan fingerprint density at radius 2 is 2.08 bits per heavy atom. The summed E-state index contributed by atoms with van der Waals surface area (Å²) in [4.78, 5) is 29.5. The largest absolute Gasteiger partial charge is 0.383 e. The summed E-state index contributed by atoms with van der Waals surface area (Å²) in [5.41, 5.74) is 0.208. The van der Waals surface area contributed by atoms with E-state index in [-0.39, 0.29) is 18.7 Å². The first-order valence-corrected chi connectivity index (χ1v) is 8.11. The van der Waals surface area contributed by atoms with E-state index in [0.717, 1.165) is 0 Å². The van der Waals surface area contributed by atoms with E-state index in [9.17, 15) is 14.0 Å². The second-order valence-corrected chi connectivity index (χ2v) is 5.71. The molecular formula is C19H18FN3O3. The summed E-state index contributed by atoms with van der Waals surface area (Å²) in [5.74, 6) is -0.918. The first-order valence-electron chi connectivity index (χ1n) is 8.11. The van der Waals surface area contributed by atoms with Crippen molar-refractivity contribution in [1.82, 2.24) is 14.9 Å². The Kier molecular flexibility index (Phi) is 5.38. The van der Waals surface area contributed by atoms with E-state index in [1.54, 1.807) is 36.5 Å². The number of nitrogens with zero attached hydrogens (tertiary/aromatic N) is 2. The van der Waals surface area contributed by atoms with Crippen molar-refractivity contribution < 1.29 is 13.9 Å². The second kappa shape index (κ2) is 7.88. The Morgan fingerprint density at radius 3 is 2.85 bits per heavy atom. The molecule has 1 aromatic carbocycles. The molecule has 0 aliphatic heterocycles. The molecular weight excluding hydrogens is 337 g/mol. The van der Waals surface area contributed by atoms with Gasteiger partial charge in [0, 0.05) is 30.8 Å². The van der Waals surface area contributed by atoms with Crippen molar-refractivity contribution in [2.24, 2.45) is 0 Å². The van der Waals surface area contributed by atoms with Gasteiger partial charge in [-0.15, -0.1) is 0 Å². The van der Waals surface area contributed by atoms with Crippen molar-refractivity contribution in [2.45, 2.75) is 6.54 Å². The van der Waals surface area contributed by atoms with E-state index in [1.807, 2.05) is 0 Å². The fraction of sp³-hybridized carbons (Fsp3) is 0.211. The van der Waals surface area contributed by atoms with Gasteiger partial charge < -0.3 is 10.1 Å². The number of nitrogens with one attached hydrogen (secondary N) is 1. The summed E-state index contributed by atoms with van der Waals surface area (Å²) in [5, 5.41) is 3.26. The van der Waals surface area contributed by atoms with E-state index in [4.69, 9.17) is 4.74 Å². The van der Waals surface area contributed by atoms with Crippen LogP contribution in [0.5, 0.6) is 0 Å². The topological polar surface area (TPSA) is 73.2 Å².